The number of aryl methyl sites for hydroxylation is 1. The van der Waals surface area contributed by atoms with Crippen molar-refractivity contribution >= 4 is 48.1 Å². The van der Waals surface area contributed by atoms with Crippen LogP contribution in [0.1, 0.15) is 37.9 Å². The molecule has 0 aromatic carbocycles. The van der Waals surface area contributed by atoms with Gasteiger partial charge in [-0.05, 0) is 31.4 Å². The zero-order valence-electron chi connectivity index (χ0n) is 14.9. The summed E-state index contributed by atoms with van der Waals surface area (Å²) in [5, 5.41) is 2.94. The smallest absolute Gasteiger partial charge is 0.230 e. The molecule has 0 saturated carbocycles. The summed E-state index contributed by atoms with van der Waals surface area (Å²) >= 11 is 1.57. The molecule has 0 unspecified atom stereocenters. The monoisotopic (exact) mass is 406 g/mol. The third-order valence-electron chi connectivity index (χ3n) is 4.18. The van der Waals surface area contributed by atoms with Crippen molar-refractivity contribution in [1.82, 2.24) is 14.7 Å². The van der Waals surface area contributed by atoms with Crippen LogP contribution in [0.3, 0.4) is 0 Å². The van der Waals surface area contributed by atoms with Gasteiger partial charge in [0.2, 0.25) is 5.91 Å². The molecule has 0 saturated heterocycles. The highest BCUT2D eigenvalue weighted by molar-refractivity contribution is 7.99. The lowest BCUT2D eigenvalue weighted by molar-refractivity contribution is -0.118. The van der Waals surface area contributed by atoms with Gasteiger partial charge in [-0.1, -0.05) is 19.9 Å². The van der Waals surface area contributed by atoms with Crippen molar-refractivity contribution in [2.75, 3.05) is 12.3 Å². The number of halogens is 2. The molecule has 25 heavy (non-hydrogen) atoms. The summed E-state index contributed by atoms with van der Waals surface area (Å²) in [6.07, 6.45) is 5.79. The molecular weight excluding hydrogens is 379 g/mol. The number of imidazole rings is 1. The second kappa shape index (κ2) is 10.9. The minimum atomic E-state index is -0.292. The first-order valence-electron chi connectivity index (χ1n) is 8.03. The van der Waals surface area contributed by atoms with Gasteiger partial charge >= 0.3 is 0 Å². The second-order valence-corrected chi connectivity index (χ2v) is 7.03. The van der Waals surface area contributed by atoms with Crippen LogP contribution >= 0.6 is 36.6 Å². The molecule has 0 aliphatic heterocycles. The molecule has 0 aliphatic rings. The van der Waals surface area contributed by atoms with Gasteiger partial charge in [-0.3, -0.25) is 4.79 Å². The van der Waals surface area contributed by atoms with Crippen molar-refractivity contribution in [3.8, 4) is 0 Å². The largest absolute Gasteiger partial charge is 0.354 e. The highest BCUT2D eigenvalue weighted by Gasteiger charge is 2.20. The molecule has 2 heterocycles. The number of rotatable bonds is 8. The van der Waals surface area contributed by atoms with Crippen LogP contribution in [0.15, 0.2) is 24.5 Å². The number of thioether (sulfide) groups is 1. The summed E-state index contributed by atoms with van der Waals surface area (Å²) in [6, 6.07) is 4.06. The molecule has 0 radical (unpaired) electrons. The summed E-state index contributed by atoms with van der Waals surface area (Å²) < 4.78 is 2.02. The fourth-order valence-electron chi connectivity index (χ4n) is 2.30. The predicted octanol–water partition coefficient (Wildman–Crippen LogP) is 3.35. The van der Waals surface area contributed by atoms with Gasteiger partial charge in [-0.2, -0.15) is 0 Å². The van der Waals surface area contributed by atoms with Crippen molar-refractivity contribution in [2.24, 2.45) is 5.73 Å². The molecule has 2 aromatic rings. The van der Waals surface area contributed by atoms with E-state index >= 15 is 0 Å². The fraction of sp³-hybridized carbons (Fsp3) is 0.529. The maximum atomic E-state index is 11.9. The minimum absolute atomic E-state index is 0. The lowest BCUT2D eigenvalue weighted by Gasteiger charge is -2.26. The van der Waals surface area contributed by atoms with Crippen molar-refractivity contribution < 1.29 is 4.79 Å². The van der Waals surface area contributed by atoms with Crippen molar-refractivity contribution in [2.45, 2.75) is 44.9 Å². The van der Waals surface area contributed by atoms with Gasteiger partial charge in [0.25, 0.3) is 0 Å². The quantitative estimate of drug-likeness (QED) is 0.704. The summed E-state index contributed by atoms with van der Waals surface area (Å²) in [7, 11) is 0. The standard InChI is InChI=1S/C17H26N4OS.2ClH/c1-4-17(18,5-2)12-19-16(22)11-23-10-14-9-21-8-13(3)6-7-15(21)20-14;;/h6-9H,4-5,10-12,18H2,1-3H3,(H,19,22);2*1H. The maximum absolute atomic E-state index is 11.9. The molecular formula is C17H28Cl2N4OS. The Bertz CT molecular complexity index is 674. The molecule has 2 rings (SSSR count). The summed E-state index contributed by atoms with van der Waals surface area (Å²) in [4.78, 5) is 16.5. The SMILES string of the molecule is CCC(N)(CC)CNC(=O)CSCc1cn2cc(C)ccc2n1.Cl.Cl. The fourth-order valence-corrected chi connectivity index (χ4v) is 3.04. The number of hydrogen-bond acceptors (Lipinski definition) is 4. The van der Waals surface area contributed by atoms with E-state index in [9.17, 15) is 4.79 Å². The first kappa shape index (κ1) is 24.1. The number of nitrogens with two attached hydrogens (primary N) is 1. The molecule has 2 aromatic heterocycles. The number of fused-ring (bicyclic) bond motifs is 1. The van der Waals surface area contributed by atoms with E-state index in [-0.39, 0.29) is 36.3 Å². The van der Waals surface area contributed by atoms with Crippen LogP contribution in [0.2, 0.25) is 0 Å². The van der Waals surface area contributed by atoms with E-state index in [0.29, 0.717) is 12.3 Å². The molecule has 3 N–H and O–H groups in total. The maximum Gasteiger partial charge on any atom is 0.230 e. The van der Waals surface area contributed by atoms with Crippen molar-refractivity contribution in [3.63, 3.8) is 0 Å². The Morgan fingerprint density at radius 1 is 1.28 bits per heavy atom. The molecule has 0 bridgehead atoms. The Hall–Kier alpha value is -0.950. The zero-order valence-corrected chi connectivity index (χ0v) is 17.4. The normalized spacial score (nSPS) is 10.9. The summed E-state index contributed by atoms with van der Waals surface area (Å²) in [6.45, 7) is 6.69. The van der Waals surface area contributed by atoms with E-state index in [2.05, 4.69) is 37.3 Å². The third-order valence-corrected chi connectivity index (χ3v) is 5.14. The van der Waals surface area contributed by atoms with Crippen molar-refractivity contribution in [3.05, 3.63) is 35.8 Å². The highest BCUT2D eigenvalue weighted by Crippen LogP contribution is 2.14. The number of pyridine rings is 1. The van der Waals surface area contributed by atoms with E-state index < -0.39 is 0 Å². The average Bonchev–Trinajstić information content (AvgIpc) is 2.94. The van der Waals surface area contributed by atoms with E-state index in [1.807, 2.05) is 22.7 Å². The number of amides is 1. The molecule has 142 valence electrons. The zero-order chi connectivity index (χ0) is 16.9. The van der Waals surface area contributed by atoms with Crippen LogP contribution in [-0.4, -0.2) is 33.1 Å². The van der Waals surface area contributed by atoms with Crippen LogP contribution in [0.5, 0.6) is 0 Å². The van der Waals surface area contributed by atoms with Gasteiger partial charge in [0, 0.05) is 30.2 Å². The predicted molar refractivity (Wildman–Crippen MR) is 111 cm³/mol. The van der Waals surface area contributed by atoms with E-state index in [0.717, 1.165) is 29.9 Å². The summed E-state index contributed by atoms with van der Waals surface area (Å²) in [5.41, 5.74) is 9.02. The number of carbonyl (C=O) groups excluding carboxylic acids is 1. The van der Waals surface area contributed by atoms with E-state index in [1.165, 1.54) is 5.56 Å². The molecule has 5 nitrogen and oxygen atoms in total. The van der Waals surface area contributed by atoms with E-state index in [1.54, 1.807) is 11.8 Å². The molecule has 0 spiro atoms. The van der Waals surface area contributed by atoms with E-state index in [4.69, 9.17) is 5.73 Å². The number of hydrogen-bond donors (Lipinski definition) is 2. The van der Waals surface area contributed by atoms with Crippen LogP contribution < -0.4 is 11.1 Å². The van der Waals surface area contributed by atoms with Crippen molar-refractivity contribution in [1.29, 1.82) is 0 Å². The van der Waals surface area contributed by atoms with Crippen LogP contribution in [0, 0.1) is 6.92 Å². The number of nitrogens with zero attached hydrogens (tertiary/aromatic N) is 2. The molecule has 0 fully saturated rings. The van der Waals surface area contributed by atoms with Gasteiger partial charge in [-0.15, -0.1) is 36.6 Å². The molecule has 8 heteroatoms. The molecule has 0 atom stereocenters. The van der Waals surface area contributed by atoms with Gasteiger partial charge < -0.3 is 15.5 Å². The highest BCUT2D eigenvalue weighted by atomic mass is 35.5. The molecule has 0 aliphatic carbocycles. The number of nitrogens with one attached hydrogen (secondary N) is 1. The number of carbonyl (C=O) groups is 1. The Morgan fingerprint density at radius 3 is 2.60 bits per heavy atom. The van der Waals surface area contributed by atoms with Gasteiger partial charge in [-0.25, -0.2) is 4.98 Å². The Labute approximate surface area is 166 Å². The summed E-state index contributed by atoms with van der Waals surface area (Å²) in [5.74, 6) is 1.19. The van der Waals surface area contributed by atoms with Crippen LogP contribution in [0.4, 0.5) is 0 Å². The Kier molecular flexibility index (Phi) is 10.5. The number of aromatic nitrogens is 2. The van der Waals surface area contributed by atoms with Gasteiger partial charge in [0.05, 0.1) is 11.4 Å². The Balaban J connectivity index is 0.00000288. The molecule has 1 amide bonds. The lowest BCUT2D eigenvalue weighted by atomic mass is 9.94. The van der Waals surface area contributed by atoms with Crippen LogP contribution in [-0.2, 0) is 10.5 Å². The van der Waals surface area contributed by atoms with Crippen LogP contribution in [0.25, 0.3) is 5.65 Å². The third kappa shape index (κ3) is 7.05. The second-order valence-electron chi connectivity index (χ2n) is 6.04. The average molecular weight is 407 g/mol. The first-order chi connectivity index (χ1) is 11.0. The lowest BCUT2D eigenvalue weighted by Crippen LogP contribution is -2.49. The Morgan fingerprint density at radius 2 is 1.96 bits per heavy atom. The van der Waals surface area contributed by atoms with Gasteiger partial charge in [0.1, 0.15) is 5.65 Å². The van der Waals surface area contributed by atoms with Gasteiger partial charge in [0.15, 0.2) is 0 Å². The minimum Gasteiger partial charge on any atom is -0.354 e. The first-order valence-corrected chi connectivity index (χ1v) is 9.19. The topological polar surface area (TPSA) is 72.4 Å².